The van der Waals surface area contributed by atoms with Gasteiger partial charge in [0, 0.05) is 22.0 Å². The van der Waals surface area contributed by atoms with Gasteiger partial charge in [0.05, 0.1) is 0 Å². The zero-order chi connectivity index (χ0) is 18.6. The maximum Gasteiger partial charge on any atom is 0.196 e. The maximum absolute atomic E-state index is 14.0. The topological polar surface area (TPSA) is 30.7 Å². The van der Waals surface area contributed by atoms with Crippen LogP contribution in [-0.2, 0) is 5.75 Å². The third kappa shape index (κ3) is 3.89. The van der Waals surface area contributed by atoms with Crippen molar-refractivity contribution >= 4 is 23.4 Å². The lowest BCUT2D eigenvalue weighted by Gasteiger charge is -2.10. The molecule has 0 aliphatic rings. The SMILES string of the molecule is Fc1ccccc1CSc1nnc(-c2ccc(Cl)cc2)n1-c1ccccc1. The molecule has 0 amide bonds. The molecule has 0 aliphatic carbocycles. The third-order valence-corrected chi connectivity index (χ3v) is 5.29. The number of thioether (sulfide) groups is 1. The lowest BCUT2D eigenvalue weighted by atomic mass is 10.2. The van der Waals surface area contributed by atoms with Crippen molar-refractivity contribution in [3.63, 3.8) is 0 Å². The average molecular weight is 396 g/mol. The highest BCUT2D eigenvalue weighted by atomic mass is 35.5. The summed E-state index contributed by atoms with van der Waals surface area (Å²) in [7, 11) is 0. The van der Waals surface area contributed by atoms with Crippen molar-refractivity contribution in [1.29, 1.82) is 0 Å². The summed E-state index contributed by atoms with van der Waals surface area (Å²) in [6, 6.07) is 24.1. The number of hydrogen-bond acceptors (Lipinski definition) is 3. The summed E-state index contributed by atoms with van der Waals surface area (Å²) < 4.78 is 15.9. The lowest BCUT2D eigenvalue weighted by Crippen LogP contribution is -1.99. The molecule has 0 fully saturated rings. The fourth-order valence-electron chi connectivity index (χ4n) is 2.72. The highest BCUT2D eigenvalue weighted by Crippen LogP contribution is 2.30. The van der Waals surface area contributed by atoms with Gasteiger partial charge in [-0.05, 0) is 48.0 Å². The molecule has 3 nitrogen and oxygen atoms in total. The Labute approximate surface area is 165 Å². The predicted octanol–water partition coefficient (Wildman–Crippen LogP) is 6.02. The van der Waals surface area contributed by atoms with Gasteiger partial charge in [0.15, 0.2) is 11.0 Å². The van der Waals surface area contributed by atoms with Gasteiger partial charge < -0.3 is 0 Å². The third-order valence-electron chi connectivity index (χ3n) is 4.06. The summed E-state index contributed by atoms with van der Waals surface area (Å²) in [5.74, 6) is 0.973. The number of nitrogens with zero attached hydrogens (tertiary/aromatic N) is 3. The number of rotatable bonds is 5. The molecule has 0 atom stereocenters. The van der Waals surface area contributed by atoms with E-state index in [9.17, 15) is 4.39 Å². The summed E-state index contributed by atoms with van der Waals surface area (Å²) in [5.41, 5.74) is 2.50. The van der Waals surface area contributed by atoms with E-state index in [4.69, 9.17) is 11.6 Å². The second-order valence-electron chi connectivity index (χ2n) is 5.86. The van der Waals surface area contributed by atoms with Crippen LogP contribution in [0.5, 0.6) is 0 Å². The molecule has 0 saturated heterocycles. The van der Waals surface area contributed by atoms with Crippen LogP contribution in [-0.4, -0.2) is 14.8 Å². The van der Waals surface area contributed by atoms with E-state index in [0.29, 0.717) is 27.3 Å². The fourth-order valence-corrected chi connectivity index (χ4v) is 3.78. The van der Waals surface area contributed by atoms with Gasteiger partial charge in [0.1, 0.15) is 5.82 Å². The molecule has 0 bridgehead atoms. The Balaban J connectivity index is 1.73. The van der Waals surface area contributed by atoms with Crippen LogP contribution < -0.4 is 0 Å². The quantitative estimate of drug-likeness (QED) is 0.387. The molecule has 1 heterocycles. The highest BCUT2D eigenvalue weighted by molar-refractivity contribution is 7.98. The maximum atomic E-state index is 14.0. The van der Waals surface area contributed by atoms with E-state index >= 15 is 0 Å². The summed E-state index contributed by atoms with van der Waals surface area (Å²) in [6.07, 6.45) is 0. The summed E-state index contributed by atoms with van der Waals surface area (Å²) >= 11 is 7.46. The van der Waals surface area contributed by atoms with Crippen LogP contribution in [0.1, 0.15) is 5.56 Å². The number of hydrogen-bond donors (Lipinski definition) is 0. The molecule has 0 spiro atoms. The van der Waals surface area contributed by atoms with Gasteiger partial charge in [0.2, 0.25) is 0 Å². The van der Waals surface area contributed by atoms with E-state index in [1.54, 1.807) is 12.1 Å². The Morgan fingerprint density at radius 3 is 2.30 bits per heavy atom. The Bertz CT molecular complexity index is 1050. The molecule has 0 N–H and O–H groups in total. The Hall–Kier alpha value is -2.63. The van der Waals surface area contributed by atoms with Crippen molar-refractivity contribution < 1.29 is 4.39 Å². The molecular formula is C21H15ClFN3S. The van der Waals surface area contributed by atoms with Crippen molar-refractivity contribution in [2.24, 2.45) is 0 Å². The first kappa shape index (κ1) is 17.8. The molecule has 1 aromatic heterocycles. The van der Waals surface area contributed by atoms with Crippen molar-refractivity contribution in [3.05, 3.63) is 95.3 Å². The van der Waals surface area contributed by atoms with Crippen LogP contribution in [0.4, 0.5) is 4.39 Å². The van der Waals surface area contributed by atoms with Gasteiger partial charge in [-0.15, -0.1) is 10.2 Å². The van der Waals surface area contributed by atoms with E-state index in [-0.39, 0.29) is 5.82 Å². The second kappa shape index (κ2) is 7.94. The van der Waals surface area contributed by atoms with E-state index in [1.165, 1.54) is 17.8 Å². The smallest absolute Gasteiger partial charge is 0.196 e. The Kier molecular flexibility index (Phi) is 5.23. The van der Waals surface area contributed by atoms with E-state index in [0.717, 1.165) is 11.3 Å². The first-order chi connectivity index (χ1) is 13.2. The van der Waals surface area contributed by atoms with Crippen LogP contribution in [0, 0.1) is 5.82 Å². The van der Waals surface area contributed by atoms with E-state index < -0.39 is 0 Å². The molecule has 4 aromatic rings. The average Bonchev–Trinajstić information content (AvgIpc) is 3.12. The summed E-state index contributed by atoms with van der Waals surface area (Å²) in [5, 5.41) is 10.1. The highest BCUT2D eigenvalue weighted by Gasteiger charge is 2.16. The van der Waals surface area contributed by atoms with E-state index in [1.807, 2.05) is 65.2 Å². The minimum atomic E-state index is -0.214. The molecular weight excluding hydrogens is 381 g/mol. The summed E-state index contributed by atoms with van der Waals surface area (Å²) in [4.78, 5) is 0. The Morgan fingerprint density at radius 2 is 1.56 bits per heavy atom. The first-order valence-corrected chi connectivity index (χ1v) is 9.72. The van der Waals surface area contributed by atoms with Gasteiger partial charge >= 0.3 is 0 Å². The monoisotopic (exact) mass is 395 g/mol. The van der Waals surface area contributed by atoms with Gasteiger partial charge in [-0.2, -0.15) is 0 Å². The first-order valence-electron chi connectivity index (χ1n) is 8.35. The lowest BCUT2D eigenvalue weighted by molar-refractivity contribution is 0.617. The molecule has 0 radical (unpaired) electrons. The fraction of sp³-hybridized carbons (Fsp3) is 0.0476. The van der Waals surface area contributed by atoms with Crippen LogP contribution in [0.25, 0.3) is 17.1 Å². The number of halogens is 2. The van der Waals surface area contributed by atoms with Crippen molar-refractivity contribution in [3.8, 4) is 17.1 Å². The molecule has 27 heavy (non-hydrogen) atoms. The molecule has 3 aromatic carbocycles. The standard InChI is InChI=1S/C21H15ClFN3S/c22-17-12-10-15(11-13-17)20-24-25-21(26(20)18-7-2-1-3-8-18)27-14-16-6-4-5-9-19(16)23/h1-13H,14H2. The minimum absolute atomic E-state index is 0.214. The normalized spacial score (nSPS) is 10.9. The van der Waals surface area contributed by atoms with Gasteiger partial charge in [-0.3, -0.25) is 4.57 Å². The Morgan fingerprint density at radius 1 is 0.852 bits per heavy atom. The van der Waals surface area contributed by atoms with E-state index in [2.05, 4.69) is 10.2 Å². The van der Waals surface area contributed by atoms with Crippen LogP contribution >= 0.6 is 23.4 Å². The van der Waals surface area contributed by atoms with Gasteiger partial charge in [-0.25, -0.2) is 4.39 Å². The molecule has 0 unspecified atom stereocenters. The van der Waals surface area contributed by atoms with Crippen molar-refractivity contribution in [2.75, 3.05) is 0 Å². The number of aromatic nitrogens is 3. The van der Waals surface area contributed by atoms with Crippen LogP contribution in [0.2, 0.25) is 5.02 Å². The largest absolute Gasteiger partial charge is 0.270 e. The van der Waals surface area contributed by atoms with Crippen LogP contribution in [0.3, 0.4) is 0 Å². The van der Waals surface area contributed by atoms with Gasteiger partial charge in [-0.1, -0.05) is 59.8 Å². The number of para-hydroxylation sites is 1. The van der Waals surface area contributed by atoms with Crippen molar-refractivity contribution in [2.45, 2.75) is 10.9 Å². The van der Waals surface area contributed by atoms with Crippen molar-refractivity contribution in [1.82, 2.24) is 14.8 Å². The molecule has 0 aliphatic heterocycles. The summed E-state index contributed by atoms with van der Waals surface area (Å²) in [6.45, 7) is 0. The zero-order valence-electron chi connectivity index (χ0n) is 14.2. The molecule has 0 saturated carbocycles. The van der Waals surface area contributed by atoms with Crippen LogP contribution in [0.15, 0.2) is 84.0 Å². The molecule has 4 rings (SSSR count). The molecule has 6 heteroatoms. The minimum Gasteiger partial charge on any atom is -0.270 e. The number of benzene rings is 3. The van der Waals surface area contributed by atoms with Gasteiger partial charge in [0.25, 0.3) is 0 Å². The predicted molar refractivity (Wildman–Crippen MR) is 108 cm³/mol. The molecule has 134 valence electrons. The zero-order valence-corrected chi connectivity index (χ0v) is 15.8. The second-order valence-corrected chi connectivity index (χ2v) is 7.24.